The third-order valence-corrected chi connectivity index (χ3v) is 3.32. The van der Waals surface area contributed by atoms with Crippen molar-refractivity contribution in [3.8, 4) is 0 Å². The van der Waals surface area contributed by atoms with Gasteiger partial charge in [0, 0.05) is 11.6 Å². The monoisotopic (exact) mass is 219 g/mol. The summed E-state index contributed by atoms with van der Waals surface area (Å²) >= 11 is 6.25. The zero-order valence-corrected chi connectivity index (χ0v) is 10.0. The molecule has 0 radical (unpaired) electrons. The van der Waals surface area contributed by atoms with E-state index in [4.69, 9.17) is 11.6 Å². The minimum Gasteiger partial charge on any atom is -0.256 e. The van der Waals surface area contributed by atoms with Gasteiger partial charge in [0.1, 0.15) is 0 Å². The molecule has 0 aliphatic heterocycles. The van der Waals surface area contributed by atoms with Gasteiger partial charge in [-0.05, 0) is 49.1 Å². The number of halogens is 1. The molecule has 0 amide bonds. The van der Waals surface area contributed by atoms with Gasteiger partial charge in [-0.15, -0.1) is 0 Å². The molecule has 2 heteroatoms. The van der Waals surface area contributed by atoms with Crippen molar-refractivity contribution in [2.75, 3.05) is 0 Å². The van der Waals surface area contributed by atoms with Crippen LogP contribution in [0.15, 0.2) is 18.3 Å². The zero-order valence-electron chi connectivity index (χ0n) is 9.26. The molecule has 0 saturated heterocycles. The number of benzene rings is 1. The maximum Gasteiger partial charge on any atom is 0.0720 e. The van der Waals surface area contributed by atoms with E-state index in [0.29, 0.717) is 0 Å². The summed E-state index contributed by atoms with van der Waals surface area (Å²) < 4.78 is 0. The number of pyridine rings is 1. The maximum atomic E-state index is 6.25. The van der Waals surface area contributed by atoms with Crippen LogP contribution in [-0.4, -0.2) is 4.98 Å². The second-order valence-electron chi connectivity index (χ2n) is 3.90. The molecule has 1 aromatic heterocycles. The minimum atomic E-state index is 0.825. The molecular weight excluding hydrogens is 206 g/mol. The van der Waals surface area contributed by atoms with Gasteiger partial charge in [-0.1, -0.05) is 18.5 Å². The van der Waals surface area contributed by atoms with Gasteiger partial charge in [0.15, 0.2) is 0 Å². The van der Waals surface area contributed by atoms with Crippen LogP contribution in [0.25, 0.3) is 10.9 Å². The van der Waals surface area contributed by atoms with E-state index in [1.165, 1.54) is 11.1 Å². The largest absolute Gasteiger partial charge is 0.256 e. The Bertz CT molecular complexity index is 517. The number of hydrogen-bond donors (Lipinski definition) is 0. The summed E-state index contributed by atoms with van der Waals surface area (Å²) in [5, 5.41) is 1.89. The predicted octanol–water partition coefficient (Wildman–Crippen LogP) is 4.07. The summed E-state index contributed by atoms with van der Waals surface area (Å²) in [6.07, 6.45) is 2.87. The fourth-order valence-corrected chi connectivity index (χ4v) is 2.04. The van der Waals surface area contributed by atoms with Crippen molar-refractivity contribution in [1.29, 1.82) is 0 Å². The van der Waals surface area contributed by atoms with E-state index < -0.39 is 0 Å². The van der Waals surface area contributed by atoms with Crippen molar-refractivity contribution in [2.45, 2.75) is 27.2 Å². The number of aromatic nitrogens is 1. The van der Waals surface area contributed by atoms with Gasteiger partial charge in [0.25, 0.3) is 0 Å². The summed E-state index contributed by atoms with van der Waals surface area (Å²) in [7, 11) is 0. The zero-order chi connectivity index (χ0) is 11.0. The number of nitrogens with zero attached hydrogens (tertiary/aromatic N) is 1. The molecule has 1 nitrogen and oxygen atoms in total. The first-order chi connectivity index (χ1) is 7.13. The molecule has 0 unspecified atom stereocenters. The fourth-order valence-electron chi connectivity index (χ4n) is 1.84. The van der Waals surface area contributed by atoms with Crippen molar-refractivity contribution in [3.05, 3.63) is 40.0 Å². The van der Waals surface area contributed by atoms with Crippen molar-refractivity contribution >= 4 is 22.5 Å². The lowest BCUT2D eigenvalue weighted by molar-refractivity contribution is 1.11. The van der Waals surface area contributed by atoms with Crippen LogP contribution in [0, 0.1) is 13.8 Å². The molecule has 78 valence electrons. The van der Waals surface area contributed by atoms with Crippen LogP contribution in [0.5, 0.6) is 0 Å². The van der Waals surface area contributed by atoms with Crippen molar-refractivity contribution < 1.29 is 0 Å². The lowest BCUT2D eigenvalue weighted by atomic mass is 10.0. The van der Waals surface area contributed by atoms with E-state index >= 15 is 0 Å². The van der Waals surface area contributed by atoms with Gasteiger partial charge in [-0.25, -0.2) is 0 Å². The molecular formula is C13H14ClN. The van der Waals surface area contributed by atoms with Crippen LogP contribution in [0.2, 0.25) is 5.02 Å². The minimum absolute atomic E-state index is 0.825. The molecule has 0 saturated carbocycles. The molecule has 0 atom stereocenters. The van der Waals surface area contributed by atoms with E-state index in [1.807, 2.05) is 13.1 Å². The Morgan fingerprint density at radius 3 is 2.60 bits per heavy atom. The van der Waals surface area contributed by atoms with E-state index in [0.717, 1.165) is 27.9 Å². The molecule has 0 aliphatic carbocycles. The van der Waals surface area contributed by atoms with E-state index in [2.05, 4.69) is 31.0 Å². The summed E-state index contributed by atoms with van der Waals surface area (Å²) in [6, 6.07) is 4.27. The van der Waals surface area contributed by atoms with Crippen molar-refractivity contribution in [1.82, 2.24) is 4.98 Å². The van der Waals surface area contributed by atoms with Crippen LogP contribution >= 0.6 is 11.6 Å². The first kappa shape index (κ1) is 10.4. The highest BCUT2D eigenvalue weighted by atomic mass is 35.5. The summed E-state index contributed by atoms with van der Waals surface area (Å²) in [5.74, 6) is 0. The number of rotatable bonds is 1. The lowest BCUT2D eigenvalue weighted by Crippen LogP contribution is -1.90. The Kier molecular flexibility index (Phi) is 2.66. The third-order valence-electron chi connectivity index (χ3n) is 2.82. The van der Waals surface area contributed by atoms with Crippen LogP contribution in [-0.2, 0) is 6.42 Å². The van der Waals surface area contributed by atoms with Gasteiger partial charge in [0.05, 0.1) is 10.5 Å². The molecule has 1 heterocycles. The van der Waals surface area contributed by atoms with Gasteiger partial charge < -0.3 is 0 Å². The van der Waals surface area contributed by atoms with Crippen molar-refractivity contribution in [2.24, 2.45) is 0 Å². The Morgan fingerprint density at radius 2 is 1.93 bits per heavy atom. The Morgan fingerprint density at radius 1 is 1.20 bits per heavy atom. The first-order valence-electron chi connectivity index (χ1n) is 5.17. The highest BCUT2D eigenvalue weighted by Gasteiger charge is 2.06. The molecule has 0 spiro atoms. The van der Waals surface area contributed by atoms with Gasteiger partial charge in [-0.2, -0.15) is 0 Å². The fraction of sp³-hybridized carbons (Fsp3) is 0.308. The Labute approximate surface area is 95.1 Å². The molecule has 2 rings (SSSR count). The smallest absolute Gasteiger partial charge is 0.0720 e. The molecule has 0 fully saturated rings. The van der Waals surface area contributed by atoms with Crippen LogP contribution < -0.4 is 0 Å². The molecule has 1 aromatic carbocycles. The second-order valence-corrected chi connectivity index (χ2v) is 4.28. The summed E-state index contributed by atoms with van der Waals surface area (Å²) in [6.45, 7) is 6.26. The molecule has 0 aliphatic rings. The van der Waals surface area contributed by atoms with Crippen LogP contribution in [0.3, 0.4) is 0 Å². The molecule has 0 bridgehead atoms. The Hall–Kier alpha value is -1.08. The van der Waals surface area contributed by atoms with E-state index in [-0.39, 0.29) is 0 Å². The lowest BCUT2D eigenvalue weighted by Gasteiger charge is -2.08. The van der Waals surface area contributed by atoms with Crippen molar-refractivity contribution in [3.63, 3.8) is 0 Å². The average molecular weight is 220 g/mol. The SMILES string of the molecule is CCc1cc2ncc(C)c(Cl)c2cc1C. The Balaban J connectivity index is 2.81. The number of aryl methyl sites for hydroxylation is 3. The highest BCUT2D eigenvalue weighted by Crippen LogP contribution is 2.27. The van der Waals surface area contributed by atoms with Gasteiger partial charge >= 0.3 is 0 Å². The standard InChI is InChI=1S/C13H14ClN/c1-4-10-6-12-11(5-8(10)2)13(14)9(3)7-15-12/h5-7H,4H2,1-3H3. The highest BCUT2D eigenvalue weighted by molar-refractivity contribution is 6.36. The van der Waals surface area contributed by atoms with Crippen LogP contribution in [0.1, 0.15) is 23.6 Å². The first-order valence-corrected chi connectivity index (χ1v) is 5.55. The van der Waals surface area contributed by atoms with Gasteiger partial charge in [0.2, 0.25) is 0 Å². The van der Waals surface area contributed by atoms with E-state index in [1.54, 1.807) is 0 Å². The number of hydrogen-bond acceptors (Lipinski definition) is 1. The van der Waals surface area contributed by atoms with Crippen LogP contribution in [0.4, 0.5) is 0 Å². The van der Waals surface area contributed by atoms with E-state index in [9.17, 15) is 0 Å². The third kappa shape index (κ3) is 1.72. The predicted molar refractivity (Wildman–Crippen MR) is 65.6 cm³/mol. The summed E-state index contributed by atoms with van der Waals surface area (Å²) in [5.41, 5.74) is 4.66. The molecule has 15 heavy (non-hydrogen) atoms. The quantitative estimate of drug-likeness (QED) is 0.705. The normalized spacial score (nSPS) is 10.9. The second kappa shape index (κ2) is 3.82. The maximum absolute atomic E-state index is 6.25. The molecule has 2 aromatic rings. The average Bonchev–Trinajstić information content (AvgIpc) is 2.24. The number of fused-ring (bicyclic) bond motifs is 1. The topological polar surface area (TPSA) is 12.9 Å². The molecule has 0 N–H and O–H groups in total. The summed E-state index contributed by atoms with van der Waals surface area (Å²) in [4.78, 5) is 4.41. The van der Waals surface area contributed by atoms with Gasteiger partial charge in [-0.3, -0.25) is 4.98 Å².